The third-order valence-corrected chi connectivity index (χ3v) is 5.34. The quantitative estimate of drug-likeness (QED) is 0.333. The molecule has 0 unspecified atom stereocenters. The molecule has 0 atom stereocenters. The Morgan fingerprint density at radius 1 is 0.735 bits per heavy atom. The molecule has 34 heavy (non-hydrogen) atoms. The van der Waals surface area contributed by atoms with E-state index < -0.39 is 0 Å². The molecule has 1 heterocycles. The number of aromatic nitrogens is 2. The Balaban J connectivity index is 0.000000331. The van der Waals surface area contributed by atoms with Crippen LogP contribution >= 0.6 is 0 Å². The summed E-state index contributed by atoms with van der Waals surface area (Å²) in [5.74, 6) is -0.0185. The standard InChI is InChI=1S/C14H15N3.C14H22O2.Ni/c1-10-6-4-7-11(2)13(10)17-12(3)14-15-8-5-9-16-14;1-13(2,3)9-7-8-10(14(4,5)6)12(16)11(9)15;/h4-9H,1-3H3;7-8,15-16H,1-6H3;/q;;+2/p-2. The van der Waals surface area contributed by atoms with Crippen molar-refractivity contribution in [1.29, 1.82) is 0 Å². The Labute approximate surface area is 214 Å². The molecule has 0 amide bonds. The first-order valence-electron chi connectivity index (χ1n) is 11.1. The van der Waals surface area contributed by atoms with E-state index in [1.807, 2.05) is 54.5 Å². The second kappa shape index (κ2) is 11.6. The summed E-state index contributed by atoms with van der Waals surface area (Å²) in [6, 6.07) is 11.6. The van der Waals surface area contributed by atoms with Crippen molar-refractivity contribution in [3.8, 4) is 11.5 Å². The molecule has 0 aliphatic rings. The average Bonchev–Trinajstić information content (AvgIpc) is 2.72. The van der Waals surface area contributed by atoms with Gasteiger partial charge in [-0.05, 0) is 48.8 Å². The molecule has 3 aromatic rings. The fourth-order valence-electron chi connectivity index (χ4n) is 3.43. The third kappa shape index (κ3) is 7.39. The molecule has 5 nitrogen and oxygen atoms in total. The van der Waals surface area contributed by atoms with Gasteiger partial charge in [0.05, 0.1) is 11.4 Å². The summed E-state index contributed by atoms with van der Waals surface area (Å²) in [5, 5.41) is 23.9. The van der Waals surface area contributed by atoms with Crippen molar-refractivity contribution in [3.63, 3.8) is 0 Å². The van der Waals surface area contributed by atoms with E-state index in [-0.39, 0.29) is 38.8 Å². The number of hydrogen-bond donors (Lipinski definition) is 0. The van der Waals surface area contributed by atoms with Crippen LogP contribution < -0.4 is 10.2 Å². The summed E-state index contributed by atoms with van der Waals surface area (Å²) in [7, 11) is 0. The van der Waals surface area contributed by atoms with Crippen molar-refractivity contribution >= 4 is 11.4 Å². The summed E-state index contributed by atoms with van der Waals surface area (Å²) in [4.78, 5) is 13.0. The van der Waals surface area contributed by atoms with Gasteiger partial charge in [-0.1, -0.05) is 83.0 Å². The van der Waals surface area contributed by atoms with Gasteiger partial charge in [-0.25, -0.2) is 15.0 Å². The number of aryl methyl sites for hydroxylation is 2. The molecule has 184 valence electrons. The topological polar surface area (TPSA) is 84.3 Å². The summed E-state index contributed by atoms with van der Waals surface area (Å²) < 4.78 is 0. The second-order valence-electron chi connectivity index (χ2n) is 10.3. The fourth-order valence-corrected chi connectivity index (χ4v) is 3.43. The van der Waals surface area contributed by atoms with Crippen molar-refractivity contribution in [2.75, 3.05) is 0 Å². The largest absolute Gasteiger partial charge is 2.00 e. The van der Waals surface area contributed by atoms with Gasteiger partial charge in [0.2, 0.25) is 0 Å². The maximum atomic E-state index is 12.0. The zero-order valence-electron chi connectivity index (χ0n) is 21.6. The van der Waals surface area contributed by atoms with Gasteiger partial charge in [0.15, 0.2) is 5.82 Å². The maximum absolute atomic E-state index is 12.0. The Kier molecular flexibility index (Phi) is 10.0. The molecule has 0 radical (unpaired) electrons. The summed E-state index contributed by atoms with van der Waals surface area (Å²) in [5.41, 5.74) is 4.84. The van der Waals surface area contributed by atoms with Crippen molar-refractivity contribution in [3.05, 3.63) is 76.9 Å². The summed E-state index contributed by atoms with van der Waals surface area (Å²) in [6.45, 7) is 17.7. The van der Waals surface area contributed by atoms with Crippen LogP contribution in [0.2, 0.25) is 0 Å². The fraction of sp³-hybridized carbons (Fsp3) is 0.393. The molecule has 0 saturated carbocycles. The van der Waals surface area contributed by atoms with Crippen LogP contribution in [0.4, 0.5) is 5.69 Å². The minimum absolute atomic E-state index is 0. The Morgan fingerprint density at radius 3 is 1.53 bits per heavy atom. The number of hydrogen-bond acceptors (Lipinski definition) is 5. The molecule has 0 saturated heterocycles. The van der Waals surface area contributed by atoms with Gasteiger partial charge >= 0.3 is 16.5 Å². The van der Waals surface area contributed by atoms with E-state index in [1.54, 1.807) is 30.6 Å². The van der Waals surface area contributed by atoms with Gasteiger partial charge in [-0.3, -0.25) is 0 Å². The number of nitrogens with zero attached hydrogens (tertiary/aromatic N) is 3. The number of aliphatic imine (C=N–C) groups is 1. The second-order valence-corrected chi connectivity index (χ2v) is 10.3. The smallest absolute Gasteiger partial charge is 0.873 e. The SMILES string of the molecule is CC(=Nc1c(C)cccc1C)c1ncccn1.CC(C)(C)c1ccc(C(C)(C)C)c([O-])c1[O-].[Ni+2]. The number of rotatable bonds is 2. The van der Waals surface area contributed by atoms with E-state index in [1.165, 1.54) is 11.1 Å². The van der Waals surface area contributed by atoms with E-state index in [9.17, 15) is 10.2 Å². The summed E-state index contributed by atoms with van der Waals surface area (Å²) in [6.07, 6.45) is 3.46. The summed E-state index contributed by atoms with van der Waals surface area (Å²) >= 11 is 0. The first-order chi connectivity index (χ1) is 15.2. The van der Waals surface area contributed by atoms with Gasteiger partial charge in [0, 0.05) is 12.4 Å². The van der Waals surface area contributed by atoms with Crippen LogP contribution in [0.5, 0.6) is 11.5 Å². The Bertz CT molecular complexity index is 1070. The van der Waals surface area contributed by atoms with Crippen LogP contribution in [0, 0.1) is 13.8 Å². The van der Waals surface area contributed by atoms with Crippen molar-refractivity contribution in [2.45, 2.75) is 73.1 Å². The van der Waals surface area contributed by atoms with Gasteiger partial charge in [-0.2, -0.15) is 0 Å². The van der Waals surface area contributed by atoms with Gasteiger partial charge in [-0.15, -0.1) is 11.5 Å². The molecule has 6 heteroatoms. The van der Waals surface area contributed by atoms with Crippen LogP contribution in [0.1, 0.15) is 76.5 Å². The zero-order chi connectivity index (χ0) is 25.0. The van der Waals surface area contributed by atoms with E-state index in [2.05, 4.69) is 40.9 Å². The first-order valence-corrected chi connectivity index (χ1v) is 11.1. The van der Waals surface area contributed by atoms with Crippen molar-refractivity contribution in [1.82, 2.24) is 9.97 Å². The zero-order valence-corrected chi connectivity index (χ0v) is 22.6. The molecular weight excluding hydrogens is 469 g/mol. The maximum Gasteiger partial charge on any atom is 2.00 e. The third-order valence-electron chi connectivity index (χ3n) is 5.34. The van der Waals surface area contributed by atoms with Crippen molar-refractivity contribution in [2.24, 2.45) is 4.99 Å². The molecule has 0 aliphatic carbocycles. The number of para-hydroxylation sites is 1. The van der Waals surface area contributed by atoms with Crippen LogP contribution in [0.15, 0.2) is 53.8 Å². The number of benzene rings is 2. The molecule has 2 aromatic carbocycles. The minimum Gasteiger partial charge on any atom is -0.873 e. The van der Waals surface area contributed by atoms with E-state index in [4.69, 9.17) is 0 Å². The minimum atomic E-state index is -0.347. The molecule has 0 N–H and O–H groups in total. The van der Waals surface area contributed by atoms with E-state index in [0.29, 0.717) is 17.0 Å². The van der Waals surface area contributed by atoms with Crippen LogP contribution in [-0.2, 0) is 27.3 Å². The molecule has 0 bridgehead atoms. The molecule has 3 rings (SSSR count). The van der Waals surface area contributed by atoms with Crippen molar-refractivity contribution < 1.29 is 26.7 Å². The average molecular weight is 504 g/mol. The monoisotopic (exact) mass is 503 g/mol. The van der Waals surface area contributed by atoms with E-state index >= 15 is 0 Å². The van der Waals surface area contributed by atoms with Crippen LogP contribution in [0.3, 0.4) is 0 Å². The molecule has 0 aliphatic heterocycles. The van der Waals surface area contributed by atoms with Crippen LogP contribution in [0.25, 0.3) is 0 Å². The van der Waals surface area contributed by atoms with Crippen LogP contribution in [-0.4, -0.2) is 15.7 Å². The Morgan fingerprint density at radius 2 is 1.15 bits per heavy atom. The molecule has 0 fully saturated rings. The first kappa shape index (κ1) is 29.3. The van der Waals surface area contributed by atoms with E-state index in [0.717, 1.165) is 11.4 Å². The Hall–Kier alpha value is -2.72. The molecule has 0 spiro atoms. The van der Waals surface area contributed by atoms with Gasteiger partial charge in [0.1, 0.15) is 0 Å². The molecule has 1 aromatic heterocycles. The molecular formula is C28H35N3NiO2. The normalized spacial score (nSPS) is 11.9. The van der Waals surface area contributed by atoms with Gasteiger partial charge in [0.25, 0.3) is 0 Å². The van der Waals surface area contributed by atoms with Gasteiger partial charge < -0.3 is 10.2 Å². The predicted molar refractivity (Wildman–Crippen MR) is 133 cm³/mol. The predicted octanol–water partition coefficient (Wildman–Crippen LogP) is 5.66.